The lowest BCUT2D eigenvalue weighted by Crippen LogP contribution is -2.04. The number of hydrogen-bond acceptors (Lipinski definition) is 2. The van der Waals surface area contributed by atoms with Crippen LogP contribution >= 0.6 is 63.7 Å². The van der Waals surface area contributed by atoms with Gasteiger partial charge >= 0.3 is 0 Å². The summed E-state index contributed by atoms with van der Waals surface area (Å²) in [5.74, 6) is 0.838. The molecule has 0 atom stereocenters. The van der Waals surface area contributed by atoms with Crippen LogP contribution in [-0.2, 0) is 6.54 Å². The minimum Gasteiger partial charge on any atom is -0.495 e. The van der Waals surface area contributed by atoms with Gasteiger partial charge in [0.05, 0.1) is 17.3 Å². The lowest BCUT2D eigenvalue weighted by molar-refractivity contribution is 0.407. The van der Waals surface area contributed by atoms with Crippen molar-refractivity contribution < 1.29 is 4.74 Å². The molecule has 2 nitrogen and oxygen atoms in total. The second-order valence-electron chi connectivity index (χ2n) is 4.54. The highest BCUT2D eigenvalue weighted by Gasteiger charge is 2.11. The first-order valence-electron chi connectivity index (χ1n) is 6.13. The van der Waals surface area contributed by atoms with Crippen molar-refractivity contribution in [1.29, 1.82) is 0 Å². The van der Waals surface area contributed by atoms with E-state index in [0.29, 0.717) is 6.54 Å². The second-order valence-corrected chi connectivity index (χ2v) is 8.02. The molecule has 0 aliphatic heterocycles. The van der Waals surface area contributed by atoms with Crippen molar-refractivity contribution in [1.82, 2.24) is 0 Å². The van der Waals surface area contributed by atoms with Crippen LogP contribution in [0.15, 0.2) is 42.2 Å². The number of benzene rings is 2. The molecular formula is C15H13Br4NO. The van der Waals surface area contributed by atoms with Gasteiger partial charge < -0.3 is 10.1 Å². The van der Waals surface area contributed by atoms with Crippen molar-refractivity contribution >= 4 is 69.4 Å². The smallest absolute Gasteiger partial charge is 0.138 e. The van der Waals surface area contributed by atoms with Gasteiger partial charge in [-0.15, -0.1) is 0 Å². The van der Waals surface area contributed by atoms with Gasteiger partial charge in [0.25, 0.3) is 0 Å². The minimum atomic E-state index is 0.654. The van der Waals surface area contributed by atoms with E-state index in [9.17, 15) is 0 Å². The number of hydrogen-bond donors (Lipinski definition) is 1. The van der Waals surface area contributed by atoms with Gasteiger partial charge in [-0.05, 0) is 84.5 Å². The van der Waals surface area contributed by atoms with E-state index in [4.69, 9.17) is 4.74 Å². The summed E-state index contributed by atoms with van der Waals surface area (Å²) in [4.78, 5) is 0. The second kappa shape index (κ2) is 7.49. The number of ether oxygens (including phenoxy) is 1. The monoisotopic (exact) mass is 539 g/mol. The lowest BCUT2D eigenvalue weighted by Gasteiger charge is -2.15. The summed E-state index contributed by atoms with van der Waals surface area (Å²) >= 11 is 14.2. The molecule has 0 aliphatic rings. The Morgan fingerprint density at radius 3 is 2.14 bits per heavy atom. The number of halogens is 4. The van der Waals surface area contributed by atoms with Crippen molar-refractivity contribution in [2.45, 2.75) is 13.5 Å². The SMILES string of the molecule is COc1c(Br)cc(Br)cc1CNc1c(Br)cc(C)cc1Br. The molecule has 0 bridgehead atoms. The summed E-state index contributed by atoms with van der Waals surface area (Å²) in [6.45, 7) is 2.72. The molecule has 0 amide bonds. The van der Waals surface area contributed by atoms with Crippen LogP contribution in [0.5, 0.6) is 5.75 Å². The van der Waals surface area contributed by atoms with Gasteiger partial charge in [0, 0.05) is 25.5 Å². The predicted octanol–water partition coefficient (Wildman–Crippen LogP) is 6.67. The van der Waals surface area contributed by atoms with E-state index in [-0.39, 0.29) is 0 Å². The summed E-state index contributed by atoms with van der Waals surface area (Å²) in [5, 5.41) is 3.44. The van der Waals surface area contributed by atoms with Crippen LogP contribution in [0, 0.1) is 6.92 Å². The summed E-state index contributed by atoms with van der Waals surface area (Å²) in [5.41, 5.74) is 3.29. The van der Waals surface area contributed by atoms with Crippen molar-refractivity contribution in [3.63, 3.8) is 0 Å². The molecule has 0 radical (unpaired) electrons. The average Bonchev–Trinajstić information content (AvgIpc) is 2.36. The Hall–Kier alpha value is -0.0400. The average molecular weight is 543 g/mol. The van der Waals surface area contributed by atoms with Crippen LogP contribution in [0.4, 0.5) is 5.69 Å². The zero-order valence-corrected chi connectivity index (χ0v) is 17.8. The largest absolute Gasteiger partial charge is 0.495 e. The third-order valence-electron chi connectivity index (χ3n) is 2.93. The van der Waals surface area contributed by atoms with E-state index in [1.807, 2.05) is 12.1 Å². The van der Waals surface area contributed by atoms with Gasteiger partial charge in [-0.3, -0.25) is 0 Å². The van der Waals surface area contributed by atoms with Gasteiger partial charge in [0.15, 0.2) is 0 Å². The van der Waals surface area contributed by atoms with Crippen molar-refractivity contribution in [2.75, 3.05) is 12.4 Å². The van der Waals surface area contributed by atoms with Gasteiger partial charge in [-0.25, -0.2) is 0 Å². The molecule has 0 aliphatic carbocycles. The number of methoxy groups -OCH3 is 1. The van der Waals surface area contributed by atoms with Crippen LogP contribution in [0.2, 0.25) is 0 Å². The Morgan fingerprint density at radius 2 is 1.57 bits per heavy atom. The molecule has 0 fully saturated rings. The first-order chi connectivity index (χ1) is 9.92. The van der Waals surface area contributed by atoms with Gasteiger partial charge in [0.1, 0.15) is 5.75 Å². The third kappa shape index (κ3) is 4.24. The normalized spacial score (nSPS) is 10.6. The molecule has 0 spiro atoms. The maximum absolute atomic E-state index is 5.47. The summed E-state index contributed by atoms with van der Waals surface area (Å²) in [6, 6.07) is 8.19. The molecule has 2 aromatic carbocycles. The van der Waals surface area contributed by atoms with Crippen molar-refractivity contribution in [2.24, 2.45) is 0 Å². The van der Waals surface area contributed by atoms with Crippen LogP contribution in [0.3, 0.4) is 0 Å². The van der Waals surface area contributed by atoms with Gasteiger partial charge in [-0.2, -0.15) is 0 Å². The van der Waals surface area contributed by atoms with Crippen LogP contribution in [-0.4, -0.2) is 7.11 Å². The Labute approximate surface area is 158 Å². The van der Waals surface area contributed by atoms with Crippen LogP contribution in [0.1, 0.15) is 11.1 Å². The van der Waals surface area contributed by atoms with E-state index in [1.54, 1.807) is 7.11 Å². The minimum absolute atomic E-state index is 0.654. The van der Waals surface area contributed by atoms with Gasteiger partial charge in [0.2, 0.25) is 0 Å². The Bertz CT molecular complexity index is 650. The van der Waals surface area contributed by atoms with Crippen LogP contribution < -0.4 is 10.1 Å². The summed E-state index contributed by atoms with van der Waals surface area (Å²) < 4.78 is 9.47. The summed E-state index contributed by atoms with van der Waals surface area (Å²) in [6.07, 6.45) is 0. The molecule has 6 heteroatoms. The maximum atomic E-state index is 5.47. The topological polar surface area (TPSA) is 21.3 Å². The fraction of sp³-hybridized carbons (Fsp3) is 0.200. The molecule has 0 unspecified atom stereocenters. The predicted molar refractivity (Wildman–Crippen MR) is 102 cm³/mol. The molecule has 2 aromatic rings. The molecule has 0 saturated heterocycles. The van der Waals surface area contributed by atoms with E-state index >= 15 is 0 Å². The Morgan fingerprint density at radius 1 is 0.952 bits per heavy atom. The molecule has 1 N–H and O–H groups in total. The first kappa shape index (κ1) is 17.3. The summed E-state index contributed by atoms with van der Waals surface area (Å²) in [7, 11) is 1.68. The number of aryl methyl sites for hydroxylation is 1. The molecule has 2 rings (SSSR count). The first-order valence-corrected chi connectivity index (χ1v) is 9.31. The standard InChI is InChI=1S/C15H13Br4NO/c1-8-3-11(17)14(12(18)4-8)20-7-9-5-10(16)6-13(19)15(9)21-2/h3-6,20H,7H2,1-2H3. The molecule has 0 saturated carbocycles. The number of rotatable bonds is 4. The molecule has 112 valence electrons. The fourth-order valence-electron chi connectivity index (χ4n) is 2.03. The Balaban J connectivity index is 2.29. The molecule has 0 aromatic heterocycles. The molecule has 21 heavy (non-hydrogen) atoms. The maximum Gasteiger partial charge on any atom is 0.138 e. The lowest BCUT2D eigenvalue weighted by atomic mass is 10.2. The highest BCUT2D eigenvalue weighted by atomic mass is 79.9. The zero-order valence-electron chi connectivity index (χ0n) is 11.4. The Kier molecular flexibility index (Phi) is 6.17. The van der Waals surface area contributed by atoms with E-state index in [1.165, 1.54) is 5.56 Å². The van der Waals surface area contributed by atoms with Crippen molar-refractivity contribution in [3.8, 4) is 5.75 Å². The fourth-order valence-corrected chi connectivity index (χ4v) is 5.20. The zero-order chi connectivity index (χ0) is 15.6. The van der Waals surface area contributed by atoms with Crippen molar-refractivity contribution in [3.05, 3.63) is 53.3 Å². The van der Waals surface area contributed by atoms with E-state index in [0.717, 1.165) is 34.9 Å². The molecule has 0 heterocycles. The van der Waals surface area contributed by atoms with Crippen LogP contribution in [0.25, 0.3) is 0 Å². The van der Waals surface area contributed by atoms with Gasteiger partial charge in [-0.1, -0.05) is 15.9 Å². The number of nitrogens with one attached hydrogen (secondary N) is 1. The third-order valence-corrected chi connectivity index (χ3v) is 5.23. The number of anilines is 1. The highest BCUT2D eigenvalue weighted by molar-refractivity contribution is 9.11. The quantitative estimate of drug-likeness (QED) is 0.466. The highest BCUT2D eigenvalue weighted by Crippen LogP contribution is 2.36. The van der Waals surface area contributed by atoms with E-state index in [2.05, 4.69) is 88.1 Å². The van der Waals surface area contributed by atoms with E-state index < -0.39 is 0 Å². The molecular weight excluding hydrogens is 530 g/mol.